The Morgan fingerprint density at radius 1 is 1.21 bits per heavy atom. The van der Waals surface area contributed by atoms with Crippen LogP contribution in [-0.2, 0) is 20.6 Å². The van der Waals surface area contributed by atoms with E-state index in [4.69, 9.17) is 4.74 Å². The zero-order valence-corrected chi connectivity index (χ0v) is 18.8. The van der Waals surface area contributed by atoms with Crippen molar-refractivity contribution >= 4 is 33.4 Å². The minimum atomic E-state index is -3.31. The third-order valence-electron chi connectivity index (χ3n) is 4.28. The van der Waals surface area contributed by atoms with Gasteiger partial charge in [-0.1, -0.05) is 29.8 Å². The van der Waals surface area contributed by atoms with E-state index in [-0.39, 0.29) is 5.91 Å². The lowest BCUT2D eigenvalue weighted by molar-refractivity contribution is -0.127. The minimum absolute atomic E-state index is 0.182. The van der Waals surface area contributed by atoms with Crippen LogP contribution in [0.4, 0.5) is 5.69 Å². The molecule has 0 heterocycles. The second-order valence-electron chi connectivity index (χ2n) is 6.82. The number of ether oxygens (including phenoxy) is 1. The summed E-state index contributed by atoms with van der Waals surface area (Å²) in [4.78, 5) is 12.2. The molecule has 2 rings (SSSR count). The predicted octanol–water partition coefficient (Wildman–Crippen LogP) is 3.21. The number of benzene rings is 2. The van der Waals surface area contributed by atoms with E-state index in [1.165, 1.54) is 22.5 Å². The number of carbonyl (C=O) groups is 1. The Kier molecular flexibility index (Phi) is 8.40. The van der Waals surface area contributed by atoms with Crippen molar-refractivity contribution in [2.75, 3.05) is 29.9 Å². The van der Waals surface area contributed by atoms with Crippen molar-refractivity contribution in [3.8, 4) is 5.75 Å². The molecule has 6 nitrogen and oxygen atoms in total. The van der Waals surface area contributed by atoms with Crippen LogP contribution < -0.4 is 14.4 Å². The summed E-state index contributed by atoms with van der Waals surface area (Å²) < 4.78 is 30.0. The van der Waals surface area contributed by atoms with Gasteiger partial charge in [0.25, 0.3) is 5.91 Å². The number of hydrogen-bond acceptors (Lipinski definition) is 5. The summed E-state index contributed by atoms with van der Waals surface area (Å²) in [6, 6.07) is 15.0. The lowest BCUT2D eigenvalue weighted by atomic mass is 10.2. The molecular weight excluding hydrogens is 408 g/mol. The van der Waals surface area contributed by atoms with E-state index in [1.54, 1.807) is 43.0 Å². The normalized spacial score (nSPS) is 12.3. The maximum atomic E-state index is 12.2. The molecule has 2 aromatic rings. The Balaban J connectivity index is 1.73. The number of sulfonamides is 1. The fourth-order valence-corrected chi connectivity index (χ4v) is 3.88. The van der Waals surface area contributed by atoms with E-state index >= 15 is 0 Å². The van der Waals surface area contributed by atoms with Gasteiger partial charge in [0.2, 0.25) is 10.0 Å². The Labute approximate surface area is 177 Å². The summed E-state index contributed by atoms with van der Waals surface area (Å²) >= 11 is 1.77. The van der Waals surface area contributed by atoms with Gasteiger partial charge in [0.05, 0.1) is 11.9 Å². The van der Waals surface area contributed by atoms with E-state index in [0.29, 0.717) is 18.0 Å². The number of rotatable bonds is 10. The van der Waals surface area contributed by atoms with Gasteiger partial charge in [0.15, 0.2) is 6.10 Å². The number of carbonyl (C=O) groups excluding carboxylic acids is 1. The number of nitrogens with zero attached hydrogens (tertiary/aromatic N) is 1. The average Bonchev–Trinajstić information content (AvgIpc) is 2.67. The fraction of sp³-hybridized carbons (Fsp3) is 0.381. The van der Waals surface area contributed by atoms with Crippen LogP contribution in [0.1, 0.15) is 18.1 Å². The summed E-state index contributed by atoms with van der Waals surface area (Å²) in [7, 11) is -1.83. The first kappa shape index (κ1) is 23.1. The van der Waals surface area contributed by atoms with Gasteiger partial charge in [0, 0.05) is 25.1 Å². The SMILES string of the molecule is Cc1cccc(CSCCNC(=O)[C@@H](C)Oc2ccc(N(C)S(C)(=O)=O)cc2)c1. The van der Waals surface area contributed by atoms with Gasteiger partial charge >= 0.3 is 0 Å². The van der Waals surface area contributed by atoms with Crippen molar-refractivity contribution in [2.24, 2.45) is 0 Å². The van der Waals surface area contributed by atoms with Crippen LogP contribution in [0.5, 0.6) is 5.75 Å². The van der Waals surface area contributed by atoms with Crippen molar-refractivity contribution in [3.05, 3.63) is 59.7 Å². The molecule has 29 heavy (non-hydrogen) atoms. The number of thioether (sulfide) groups is 1. The number of nitrogens with one attached hydrogen (secondary N) is 1. The summed E-state index contributed by atoms with van der Waals surface area (Å²) in [6.45, 7) is 4.33. The maximum Gasteiger partial charge on any atom is 0.260 e. The van der Waals surface area contributed by atoms with Gasteiger partial charge < -0.3 is 10.1 Å². The first-order valence-corrected chi connectivity index (χ1v) is 12.3. The molecule has 0 saturated carbocycles. The summed E-state index contributed by atoms with van der Waals surface area (Å²) in [6.07, 6.45) is 0.499. The van der Waals surface area contributed by atoms with Gasteiger partial charge in [-0.15, -0.1) is 0 Å². The van der Waals surface area contributed by atoms with Gasteiger partial charge in [-0.3, -0.25) is 9.10 Å². The molecule has 0 aliphatic rings. The van der Waals surface area contributed by atoms with E-state index in [9.17, 15) is 13.2 Å². The van der Waals surface area contributed by atoms with Crippen molar-refractivity contribution < 1.29 is 17.9 Å². The highest BCUT2D eigenvalue weighted by Gasteiger charge is 2.15. The van der Waals surface area contributed by atoms with Crippen molar-refractivity contribution in [2.45, 2.75) is 25.7 Å². The smallest absolute Gasteiger partial charge is 0.260 e. The summed E-state index contributed by atoms with van der Waals surface area (Å²) in [5.41, 5.74) is 3.06. The highest BCUT2D eigenvalue weighted by Crippen LogP contribution is 2.21. The fourth-order valence-electron chi connectivity index (χ4n) is 2.57. The van der Waals surface area contributed by atoms with Gasteiger partial charge in [0.1, 0.15) is 5.75 Å². The third-order valence-corrected chi connectivity index (χ3v) is 6.51. The van der Waals surface area contributed by atoms with Crippen molar-refractivity contribution in [3.63, 3.8) is 0 Å². The van der Waals surface area contributed by atoms with Crippen LogP contribution >= 0.6 is 11.8 Å². The molecule has 1 amide bonds. The number of hydrogen-bond donors (Lipinski definition) is 1. The first-order valence-electron chi connectivity index (χ1n) is 9.28. The van der Waals surface area contributed by atoms with Crippen LogP contribution in [0, 0.1) is 6.92 Å². The lowest BCUT2D eigenvalue weighted by Gasteiger charge is -2.18. The highest BCUT2D eigenvalue weighted by molar-refractivity contribution is 7.98. The Morgan fingerprint density at radius 3 is 2.52 bits per heavy atom. The summed E-state index contributed by atoms with van der Waals surface area (Å²) in [5, 5.41) is 2.88. The zero-order valence-electron chi connectivity index (χ0n) is 17.2. The third kappa shape index (κ3) is 7.62. The molecule has 0 bridgehead atoms. The summed E-state index contributed by atoms with van der Waals surface area (Å²) in [5.74, 6) is 2.06. The first-order chi connectivity index (χ1) is 13.7. The van der Waals surface area contributed by atoms with E-state index in [0.717, 1.165) is 17.8 Å². The molecule has 2 aromatic carbocycles. The second-order valence-corrected chi connectivity index (χ2v) is 9.94. The molecule has 0 aliphatic carbocycles. The molecule has 0 aromatic heterocycles. The molecule has 1 N–H and O–H groups in total. The second kappa shape index (κ2) is 10.5. The molecule has 0 spiro atoms. The molecule has 0 fully saturated rings. The van der Waals surface area contributed by atoms with Crippen molar-refractivity contribution in [1.29, 1.82) is 0 Å². The van der Waals surface area contributed by atoms with E-state index in [1.807, 2.05) is 0 Å². The predicted molar refractivity (Wildman–Crippen MR) is 120 cm³/mol. The van der Waals surface area contributed by atoms with E-state index < -0.39 is 16.1 Å². The number of anilines is 1. The molecular formula is C21H28N2O4S2. The molecule has 0 saturated heterocycles. The van der Waals surface area contributed by atoms with Crippen LogP contribution in [0.25, 0.3) is 0 Å². The Hall–Kier alpha value is -2.19. The Morgan fingerprint density at radius 2 is 1.90 bits per heavy atom. The quantitative estimate of drug-likeness (QED) is 0.579. The monoisotopic (exact) mass is 436 g/mol. The lowest BCUT2D eigenvalue weighted by Crippen LogP contribution is -2.37. The van der Waals surface area contributed by atoms with Gasteiger partial charge in [-0.2, -0.15) is 11.8 Å². The minimum Gasteiger partial charge on any atom is -0.481 e. The van der Waals surface area contributed by atoms with Crippen LogP contribution in [0.3, 0.4) is 0 Å². The van der Waals surface area contributed by atoms with Gasteiger partial charge in [-0.25, -0.2) is 8.42 Å². The standard InChI is InChI=1S/C21H28N2O4S2/c1-16-6-5-7-18(14-16)15-28-13-12-22-21(24)17(2)27-20-10-8-19(9-11-20)23(3)29(4,25)26/h5-11,14,17H,12-13,15H2,1-4H3,(H,22,24)/t17-/m1/s1. The molecule has 158 valence electrons. The highest BCUT2D eigenvalue weighted by atomic mass is 32.2. The van der Waals surface area contributed by atoms with Crippen molar-refractivity contribution in [1.82, 2.24) is 5.32 Å². The topological polar surface area (TPSA) is 75.7 Å². The van der Waals surface area contributed by atoms with E-state index in [2.05, 4.69) is 36.5 Å². The molecule has 0 aliphatic heterocycles. The largest absolute Gasteiger partial charge is 0.481 e. The maximum absolute atomic E-state index is 12.2. The molecule has 1 atom stereocenters. The molecule has 0 unspecified atom stereocenters. The Bertz CT molecular complexity index is 915. The van der Waals surface area contributed by atoms with Crippen LogP contribution in [0.2, 0.25) is 0 Å². The van der Waals surface area contributed by atoms with Crippen LogP contribution in [0.15, 0.2) is 48.5 Å². The number of aryl methyl sites for hydroxylation is 1. The average molecular weight is 437 g/mol. The van der Waals surface area contributed by atoms with Gasteiger partial charge in [-0.05, 0) is 43.7 Å². The zero-order chi connectivity index (χ0) is 21.4. The molecule has 8 heteroatoms. The molecule has 0 radical (unpaired) electrons. The van der Waals surface area contributed by atoms with Crippen LogP contribution in [-0.4, -0.2) is 46.0 Å². The number of amides is 1.